The van der Waals surface area contributed by atoms with E-state index in [0.29, 0.717) is 0 Å². The van der Waals surface area contributed by atoms with Crippen LogP contribution in [-0.4, -0.2) is 29.2 Å². The van der Waals surface area contributed by atoms with Gasteiger partial charge in [-0.3, -0.25) is 4.79 Å². The molecule has 0 unspecified atom stereocenters. The first kappa shape index (κ1) is 12.3. The minimum atomic E-state index is -0.966. The maximum Gasteiger partial charge on any atom is 0.315 e. The average Bonchev–Trinajstić information content (AvgIpc) is 1.96. The maximum atomic E-state index is 11.1. The second-order valence-corrected chi connectivity index (χ2v) is 3.47. The van der Waals surface area contributed by atoms with E-state index in [4.69, 9.17) is 11.5 Å². The maximum absolute atomic E-state index is 11.1. The molecule has 0 rings (SSSR count). The lowest BCUT2D eigenvalue weighted by Crippen LogP contribution is -2.49. The van der Waals surface area contributed by atoms with Gasteiger partial charge in [0.1, 0.15) is 0 Å². The lowest BCUT2D eigenvalue weighted by atomic mass is 10.0. The molecule has 0 radical (unpaired) electrons. The number of rotatable bonds is 4. The van der Waals surface area contributed by atoms with Crippen molar-refractivity contribution in [1.29, 1.82) is 0 Å². The number of carboxylic acid groups (broad SMARTS) is 1. The van der Waals surface area contributed by atoms with E-state index in [1.165, 1.54) is 0 Å². The molecule has 0 fully saturated rings. The summed E-state index contributed by atoms with van der Waals surface area (Å²) < 4.78 is 0. The number of terminal acetylenes is 1. The molecule has 0 aliphatic rings. The highest BCUT2D eigenvalue weighted by atomic mass is 16.4. The van der Waals surface area contributed by atoms with Crippen molar-refractivity contribution in [2.45, 2.75) is 25.8 Å². The van der Waals surface area contributed by atoms with E-state index >= 15 is 0 Å². The van der Waals surface area contributed by atoms with Gasteiger partial charge in [-0.15, -0.1) is 6.42 Å². The number of carbonyl (C=O) groups is 2. The minimum absolute atomic E-state index is 0.120. The summed E-state index contributed by atoms with van der Waals surface area (Å²) in [4.78, 5) is 21.5. The highest BCUT2D eigenvalue weighted by Crippen LogP contribution is 2.07. The van der Waals surface area contributed by atoms with E-state index in [9.17, 15) is 9.59 Å². The highest BCUT2D eigenvalue weighted by Gasteiger charge is 2.23. The van der Waals surface area contributed by atoms with Gasteiger partial charge in [0.15, 0.2) is 0 Å². The zero-order chi connectivity index (χ0) is 11.2. The molecule has 0 aliphatic carbocycles. The Hall–Kier alpha value is -1.70. The third kappa shape index (κ3) is 5.89. The van der Waals surface area contributed by atoms with E-state index in [0.717, 1.165) is 0 Å². The molecular formula is C9H14N2O3. The molecule has 0 aliphatic heterocycles. The molecule has 2 amide bonds. The Kier molecular flexibility index (Phi) is 4.50. The number of hydrogen-bond acceptors (Lipinski definition) is 2. The number of nitrogens with one attached hydrogen (secondary N) is 2. The Morgan fingerprint density at radius 2 is 2.07 bits per heavy atom. The molecule has 5 nitrogen and oxygen atoms in total. The molecule has 0 saturated carbocycles. The van der Waals surface area contributed by atoms with Crippen LogP contribution in [0.1, 0.15) is 20.3 Å². The predicted molar refractivity (Wildman–Crippen MR) is 51.7 cm³/mol. The standard InChI is InChI=1S/C9H14N2O3/c1-4-5-10-8(14)11-9(2,3)6-7(12)13/h1H,5-6H2,2-3H3,(H,12,13)(H2,10,11,14). The Morgan fingerprint density at radius 1 is 1.50 bits per heavy atom. The Labute approximate surface area is 82.9 Å². The minimum Gasteiger partial charge on any atom is -0.481 e. The second-order valence-electron chi connectivity index (χ2n) is 3.47. The molecule has 0 bridgehead atoms. The molecule has 3 N–H and O–H groups in total. The lowest BCUT2D eigenvalue weighted by molar-refractivity contribution is -0.138. The fourth-order valence-electron chi connectivity index (χ4n) is 0.905. The monoisotopic (exact) mass is 198 g/mol. The molecule has 78 valence electrons. The molecule has 0 heterocycles. The van der Waals surface area contributed by atoms with Gasteiger partial charge in [-0.2, -0.15) is 0 Å². The first-order chi connectivity index (χ1) is 6.37. The van der Waals surface area contributed by atoms with Crippen LogP contribution >= 0.6 is 0 Å². The van der Waals surface area contributed by atoms with Gasteiger partial charge in [0.25, 0.3) is 0 Å². The van der Waals surface area contributed by atoms with Gasteiger partial charge in [0.2, 0.25) is 0 Å². The van der Waals surface area contributed by atoms with Crippen LogP contribution in [0.5, 0.6) is 0 Å². The third-order valence-electron chi connectivity index (χ3n) is 1.40. The van der Waals surface area contributed by atoms with Gasteiger partial charge in [-0.25, -0.2) is 4.79 Å². The molecule has 0 aromatic heterocycles. The van der Waals surface area contributed by atoms with Gasteiger partial charge < -0.3 is 15.7 Å². The molecule has 0 aromatic rings. The van der Waals surface area contributed by atoms with Gasteiger partial charge in [-0.1, -0.05) is 5.92 Å². The fraction of sp³-hybridized carbons (Fsp3) is 0.556. The zero-order valence-electron chi connectivity index (χ0n) is 8.26. The fourth-order valence-corrected chi connectivity index (χ4v) is 0.905. The Balaban J connectivity index is 4.02. The Morgan fingerprint density at radius 3 is 2.50 bits per heavy atom. The molecule has 5 heteroatoms. The molecule has 0 saturated heterocycles. The van der Waals surface area contributed by atoms with Crippen molar-refractivity contribution in [3.05, 3.63) is 0 Å². The van der Waals surface area contributed by atoms with Crippen LogP contribution in [0.25, 0.3) is 0 Å². The van der Waals surface area contributed by atoms with Crippen LogP contribution in [0.15, 0.2) is 0 Å². The molecule has 0 aromatic carbocycles. The first-order valence-electron chi connectivity index (χ1n) is 4.08. The Bertz CT molecular complexity index is 266. The molecular weight excluding hydrogens is 184 g/mol. The van der Waals surface area contributed by atoms with Crippen LogP contribution in [0.3, 0.4) is 0 Å². The van der Waals surface area contributed by atoms with Crippen LogP contribution in [0, 0.1) is 12.3 Å². The number of aliphatic carboxylic acids is 1. The van der Waals surface area contributed by atoms with Gasteiger partial charge >= 0.3 is 12.0 Å². The summed E-state index contributed by atoms with van der Waals surface area (Å²) in [5.41, 5.74) is -0.787. The summed E-state index contributed by atoms with van der Waals surface area (Å²) in [6.45, 7) is 3.36. The van der Waals surface area contributed by atoms with Gasteiger partial charge in [0, 0.05) is 5.54 Å². The number of carbonyl (C=O) groups excluding carboxylic acids is 1. The summed E-state index contributed by atoms with van der Waals surface area (Å²) in [5.74, 6) is 1.27. The van der Waals surface area contributed by atoms with Crippen LogP contribution < -0.4 is 10.6 Å². The SMILES string of the molecule is C#CCNC(=O)NC(C)(C)CC(=O)O. The average molecular weight is 198 g/mol. The quantitative estimate of drug-likeness (QED) is 0.563. The van der Waals surface area contributed by atoms with E-state index in [1.54, 1.807) is 13.8 Å². The topological polar surface area (TPSA) is 78.4 Å². The summed E-state index contributed by atoms with van der Waals surface area (Å²) in [6, 6.07) is -0.464. The molecule has 14 heavy (non-hydrogen) atoms. The van der Waals surface area contributed by atoms with Gasteiger partial charge in [0.05, 0.1) is 13.0 Å². The van der Waals surface area contributed by atoms with Crippen molar-refractivity contribution in [1.82, 2.24) is 10.6 Å². The van der Waals surface area contributed by atoms with Crippen molar-refractivity contribution >= 4 is 12.0 Å². The van der Waals surface area contributed by atoms with Crippen molar-refractivity contribution in [3.63, 3.8) is 0 Å². The largest absolute Gasteiger partial charge is 0.481 e. The van der Waals surface area contributed by atoms with Crippen molar-refractivity contribution in [2.75, 3.05) is 6.54 Å². The third-order valence-corrected chi connectivity index (χ3v) is 1.40. The number of amides is 2. The summed E-state index contributed by atoms with van der Waals surface area (Å²) in [5, 5.41) is 13.4. The second kappa shape index (κ2) is 5.12. The van der Waals surface area contributed by atoms with Crippen LogP contribution in [0.4, 0.5) is 4.79 Å². The first-order valence-corrected chi connectivity index (χ1v) is 4.08. The summed E-state index contributed by atoms with van der Waals surface area (Å²) in [6.07, 6.45) is 4.79. The van der Waals surface area contributed by atoms with E-state index < -0.39 is 17.5 Å². The van der Waals surface area contributed by atoms with Crippen molar-refractivity contribution < 1.29 is 14.7 Å². The van der Waals surface area contributed by atoms with Crippen molar-refractivity contribution in [2.24, 2.45) is 0 Å². The lowest BCUT2D eigenvalue weighted by Gasteiger charge is -2.23. The molecule has 0 atom stereocenters. The van der Waals surface area contributed by atoms with Crippen LogP contribution in [0.2, 0.25) is 0 Å². The number of urea groups is 1. The summed E-state index contributed by atoms with van der Waals surface area (Å²) in [7, 11) is 0. The number of hydrogen-bond donors (Lipinski definition) is 3. The van der Waals surface area contributed by atoms with Gasteiger partial charge in [-0.05, 0) is 13.8 Å². The smallest absolute Gasteiger partial charge is 0.315 e. The van der Waals surface area contributed by atoms with Crippen LogP contribution in [-0.2, 0) is 4.79 Å². The van der Waals surface area contributed by atoms with Crippen molar-refractivity contribution in [3.8, 4) is 12.3 Å². The highest BCUT2D eigenvalue weighted by molar-refractivity contribution is 5.76. The number of carboxylic acids is 1. The zero-order valence-corrected chi connectivity index (χ0v) is 8.26. The van der Waals surface area contributed by atoms with E-state index in [1.807, 2.05) is 0 Å². The predicted octanol–water partition coefficient (Wildman–Crippen LogP) is 0.172. The normalized spacial score (nSPS) is 10.1. The van der Waals surface area contributed by atoms with E-state index in [2.05, 4.69) is 16.6 Å². The molecule has 0 spiro atoms. The summed E-state index contributed by atoms with van der Waals surface area (Å²) >= 11 is 0. The van der Waals surface area contributed by atoms with E-state index in [-0.39, 0.29) is 13.0 Å².